The molecule has 1 aromatic heterocycles. The maximum atomic E-state index is 10.2. The van der Waals surface area contributed by atoms with Gasteiger partial charge in [0.2, 0.25) is 0 Å². The fraction of sp³-hybridized carbons (Fsp3) is 0.833. The third kappa shape index (κ3) is 3.52. The van der Waals surface area contributed by atoms with Gasteiger partial charge in [-0.25, -0.2) is 0 Å². The van der Waals surface area contributed by atoms with Crippen molar-refractivity contribution in [2.45, 2.75) is 59.0 Å². The molecular weight excluding hydrogens is 220 g/mol. The second-order valence-corrected chi connectivity index (χ2v) is 5.61. The van der Waals surface area contributed by atoms with E-state index in [9.17, 15) is 5.11 Å². The molecular formula is C12H22N2OS. The molecule has 0 fully saturated rings. The molecule has 1 aromatic rings. The fourth-order valence-corrected chi connectivity index (χ4v) is 2.74. The number of hydrogen-bond donors (Lipinski definition) is 1. The van der Waals surface area contributed by atoms with Gasteiger partial charge in [-0.05, 0) is 29.8 Å². The third-order valence-corrected chi connectivity index (χ3v) is 3.64. The van der Waals surface area contributed by atoms with Gasteiger partial charge in [-0.2, -0.15) is 0 Å². The van der Waals surface area contributed by atoms with Crippen LogP contribution in [0.25, 0.3) is 0 Å². The number of aromatic nitrogens is 2. The van der Waals surface area contributed by atoms with E-state index in [0.29, 0.717) is 11.8 Å². The van der Waals surface area contributed by atoms with Crippen molar-refractivity contribution >= 4 is 11.5 Å². The molecule has 0 saturated heterocycles. The summed E-state index contributed by atoms with van der Waals surface area (Å²) in [5, 5.41) is 14.3. The van der Waals surface area contributed by atoms with Gasteiger partial charge >= 0.3 is 0 Å². The lowest BCUT2D eigenvalue weighted by Gasteiger charge is -2.15. The zero-order valence-electron chi connectivity index (χ0n) is 10.6. The van der Waals surface area contributed by atoms with E-state index in [4.69, 9.17) is 0 Å². The van der Waals surface area contributed by atoms with Crippen molar-refractivity contribution in [1.29, 1.82) is 0 Å². The molecule has 0 aliphatic rings. The summed E-state index contributed by atoms with van der Waals surface area (Å²) in [6.07, 6.45) is 2.77. The Hall–Kier alpha value is -0.480. The van der Waals surface area contributed by atoms with E-state index < -0.39 is 0 Å². The SMILES string of the molecule is CCCC(C)CC(O)c1snnc1C(C)C. The average molecular weight is 242 g/mol. The Kier molecular flexibility index (Phi) is 5.35. The Morgan fingerprint density at radius 1 is 1.31 bits per heavy atom. The van der Waals surface area contributed by atoms with Gasteiger partial charge in [-0.1, -0.05) is 45.0 Å². The first-order valence-electron chi connectivity index (χ1n) is 6.06. The molecule has 3 nitrogen and oxygen atoms in total. The Morgan fingerprint density at radius 2 is 2.00 bits per heavy atom. The van der Waals surface area contributed by atoms with Crippen LogP contribution in [0.3, 0.4) is 0 Å². The van der Waals surface area contributed by atoms with Gasteiger partial charge in [0.25, 0.3) is 0 Å². The largest absolute Gasteiger partial charge is 0.387 e. The molecule has 4 heteroatoms. The van der Waals surface area contributed by atoms with E-state index >= 15 is 0 Å². The molecule has 0 saturated carbocycles. The zero-order valence-corrected chi connectivity index (χ0v) is 11.4. The lowest BCUT2D eigenvalue weighted by molar-refractivity contribution is 0.147. The van der Waals surface area contributed by atoms with E-state index in [-0.39, 0.29) is 6.10 Å². The van der Waals surface area contributed by atoms with Gasteiger partial charge in [0.15, 0.2) is 0 Å². The van der Waals surface area contributed by atoms with Crippen LogP contribution in [0, 0.1) is 5.92 Å². The average Bonchev–Trinajstić information content (AvgIpc) is 2.65. The van der Waals surface area contributed by atoms with Crippen LogP contribution in [0.2, 0.25) is 0 Å². The van der Waals surface area contributed by atoms with Crippen molar-refractivity contribution < 1.29 is 5.11 Å². The summed E-state index contributed by atoms with van der Waals surface area (Å²) in [6, 6.07) is 0. The highest BCUT2D eigenvalue weighted by Crippen LogP contribution is 2.30. The molecule has 16 heavy (non-hydrogen) atoms. The second-order valence-electron chi connectivity index (χ2n) is 4.82. The van der Waals surface area contributed by atoms with Crippen LogP contribution in [0.5, 0.6) is 0 Å². The fourth-order valence-electron chi connectivity index (χ4n) is 1.93. The predicted molar refractivity (Wildman–Crippen MR) is 67.6 cm³/mol. The molecule has 1 heterocycles. The molecule has 0 amide bonds. The minimum Gasteiger partial charge on any atom is -0.387 e. The Bertz CT molecular complexity index is 312. The molecule has 2 atom stereocenters. The Morgan fingerprint density at radius 3 is 2.56 bits per heavy atom. The summed E-state index contributed by atoms with van der Waals surface area (Å²) in [4.78, 5) is 0.956. The molecule has 1 N–H and O–H groups in total. The molecule has 0 aliphatic heterocycles. The van der Waals surface area contributed by atoms with Crippen LogP contribution in [0.15, 0.2) is 0 Å². The number of nitrogens with zero attached hydrogens (tertiary/aromatic N) is 2. The number of aliphatic hydroxyl groups excluding tert-OH is 1. The molecule has 0 spiro atoms. The van der Waals surface area contributed by atoms with Crippen LogP contribution in [-0.2, 0) is 0 Å². The molecule has 0 aliphatic carbocycles. The third-order valence-electron chi connectivity index (χ3n) is 2.80. The highest BCUT2D eigenvalue weighted by molar-refractivity contribution is 7.05. The Balaban J connectivity index is 2.65. The van der Waals surface area contributed by atoms with E-state index in [1.54, 1.807) is 0 Å². The molecule has 92 valence electrons. The smallest absolute Gasteiger partial charge is 0.0919 e. The zero-order chi connectivity index (χ0) is 12.1. The van der Waals surface area contributed by atoms with Gasteiger partial charge in [-0.3, -0.25) is 0 Å². The minimum absolute atomic E-state index is 0.338. The Labute approximate surface area is 102 Å². The first kappa shape index (κ1) is 13.6. The quantitative estimate of drug-likeness (QED) is 0.830. The van der Waals surface area contributed by atoms with Gasteiger partial charge in [0, 0.05) is 0 Å². The van der Waals surface area contributed by atoms with Crippen LogP contribution in [0.1, 0.15) is 69.6 Å². The van der Waals surface area contributed by atoms with Crippen molar-refractivity contribution in [3.8, 4) is 0 Å². The predicted octanol–water partition coefficient (Wildman–Crippen LogP) is 3.52. The maximum absolute atomic E-state index is 10.2. The monoisotopic (exact) mass is 242 g/mol. The topological polar surface area (TPSA) is 46.0 Å². The van der Waals surface area contributed by atoms with Gasteiger partial charge in [0.1, 0.15) is 0 Å². The van der Waals surface area contributed by atoms with Crippen LogP contribution < -0.4 is 0 Å². The molecule has 0 radical (unpaired) electrons. The van der Waals surface area contributed by atoms with Crippen LogP contribution >= 0.6 is 11.5 Å². The summed E-state index contributed by atoms with van der Waals surface area (Å²) >= 11 is 1.33. The first-order valence-corrected chi connectivity index (χ1v) is 6.83. The lowest BCUT2D eigenvalue weighted by atomic mass is 9.96. The normalized spacial score (nSPS) is 15.4. The van der Waals surface area contributed by atoms with Crippen molar-refractivity contribution in [3.63, 3.8) is 0 Å². The highest BCUT2D eigenvalue weighted by Gasteiger charge is 2.20. The second kappa shape index (κ2) is 6.30. The van der Waals surface area contributed by atoms with Crippen molar-refractivity contribution in [2.75, 3.05) is 0 Å². The summed E-state index contributed by atoms with van der Waals surface area (Å²) < 4.78 is 3.95. The van der Waals surface area contributed by atoms with E-state index in [1.807, 2.05) is 0 Å². The summed E-state index contributed by atoms with van der Waals surface area (Å²) in [5.74, 6) is 0.895. The van der Waals surface area contributed by atoms with E-state index in [0.717, 1.165) is 17.0 Å². The van der Waals surface area contributed by atoms with Crippen molar-refractivity contribution in [1.82, 2.24) is 9.59 Å². The van der Waals surface area contributed by atoms with E-state index in [2.05, 4.69) is 37.3 Å². The first-order chi connectivity index (χ1) is 7.56. The van der Waals surface area contributed by atoms with Gasteiger partial charge < -0.3 is 5.11 Å². The van der Waals surface area contributed by atoms with Crippen LogP contribution in [0.4, 0.5) is 0 Å². The summed E-state index contributed by atoms with van der Waals surface area (Å²) in [5.41, 5.74) is 0.959. The van der Waals surface area contributed by atoms with Crippen molar-refractivity contribution in [3.05, 3.63) is 10.6 Å². The number of rotatable bonds is 6. The standard InChI is InChI=1S/C12H22N2OS/c1-5-6-9(4)7-10(15)12-11(8(2)3)13-14-16-12/h8-10,15H,5-7H2,1-4H3. The van der Waals surface area contributed by atoms with Crippen molar-refractivity contribution in [2.24, 2.45) is 5.92 Å². The highest BCUT2D eigenvalue weighted by atomic mass is 32.1. The minimum atomic E-state index is -0.390. The molecule has 1 rings (SSSR count). The molecule has 0 bridgehead atoms. The number of hydrogen-bond acceptors (Lipinski definition) is 4. The summed E-state index contributed by atoms with van der Waals surface area (Å²) in [6.45, 7) is 8.54. The number of aliphatic hydroxyl groups is 1. The van der Waals surface area contributed by atoms with Gasteiger partial charge in [-0.15, -0.1) is 5.10 Å². The maximum Gasteiger partial charge on any atom is 0.0919 e. The molecule has 2 unspecified atom stereocenters. The van der Waals surface area contributed by atoms with E-state index in [1.165, 1.54) is 24.4 Å². The van der Waals surface area contributed by atoms with Crippen LogP contribution in [-0.4, -0.2) is 14.7 Å². The molecule has 0 aromatic carbocycles. The lowest BCUT2D eigenvalue weighted by Crippen LogP contribution is -2.06. The summed E-state index contributed by atoms with van der Waals surface area (Å²) in [7, 11) is 0. The van der Waals surface area contributed by atoms with Gasteiger partial charge in [0.05, 0.1) is 16.7 Å².